The molecule has 1 aliphatic rings. The molecule has 0 spiro atoms. The van der Waals surface area contributed by atoms with Crippen molar-refractivity contribution < 1.29 is 76.6 Å². The van der Waals surface area contributed by atoms with E-state index in [0.29, 0.717) is 76.9 Å². The van der Waals surface area contributed by atoms with Gasteiger partial charge in [-0.05, 0) is 70.6 Å². The number of aliphatic hydroxyl groups is 1. The SMILES string of the molecule is CCCCCCCC(=O)OCC(CCCC(=O)OCC(COC(=O)CCCC(COC(=O)CCCCCCC)COC(=O)CCCCCCC)COC(=O)OCCCN(CCO)C1CCC1)COC(=O)CCCCCCC. The maximum Gasteiger partial charge on any atom is 0.508 e. The predicted molar refractivity (Wildman–Crippen MR) is 296 cm³/mol. The molecule has 0 aromatic rings. The van der Waals surface area contributed by atoms with Crippen LogP contribution in [-0.2, 0) is 66.7 Å². The zero-order valence-electron chi connectivity index (χ0n) is 48.6. The molecule has 0 atom stereocenters. The lowest BCUT2D eigenvalue weighted by atomic mass is 9.91. The van der Waals surface area contributed by atoms with Crippen molar-refractivity contribution in [2.75, 3.05) is 72.6 Å². The van der Waals surface area contributed by atoms with E-state index in [0.717, 1.165) is 148 Å². The van der Waals surface area contributed by atoms with E-state index in [-0.39, 0.29) is 108 Å². The Bertz CT molecular complexity index is 1380. The number of rotatable bonds is 53. The van der Waals surface area contributed by atoms with Gasteiger partial charge in [-0.1, -0.05) is 137 Å². The largest absolute Gasteiger partial charge is 0.508 e. The summed E-state index contributed by atoms with van der Waals surface area (Å²) in [5.41, 5.74) is 0. The van der Waals surface area contributed by atoms with Gasteiger partial charge >= 0.3 is 42.0 Å². The molecule has 0 aromatic carbocycles. The molecule has 77 heavy (non-hydrogen) atoms. The molecule has 0 unspecified atom stereocenters. The first-order valence-electron chi connectivity index (χ1n) is 30.5. The number of hydrogen-bond acceptors (Lipinski definition) is 17. The quantitative estimate of drug-likeness (QED) is 0.0340. The van der Waals surface area contributed by atoms with E-state index in [1.54, 1.807) is 0 Å². The summed E-state index contributed by atoms with van der Waals surface area (Å²) < 4.78 is 44.4. The van der Waals surface area contributed by atoms with E-state index in [1.807, 2.05) is 0 Å². The van der Waals surface area contributed by atoms with E-state index in [4.69, 9.17) is 37.9 Å². The lowest BCUT2D eigenvalue weighted by molar-refractivity contribution is -0.153. The average Bonchev–Trinajstić information content (AvgIpc) is 3.40. The van der Waals surface area contributed by atoms with Crippen LogP contribution in [0.1, 0.15) is 246 Å². The number of ether oxygens (including phenoxy) is 8. The van der Waals surface area contributed by atoms with Crippen molar-refractivity contribution in [3.8, 4) is 0 Å². The van der Waals surface area contributed by atoms with Gasteiger partial charge in [-0.2, -0.15) is 0 Å². The highest BCUT2D eigenvalue weighted by Gasteiger charge is 2.25. The Morgan fingerprint density at radius 3 is 1.00 bits per heavy atom. The zero-order chi connectivity index (χ0) is 56.4. The van der Waals surface area contributed by atoms with E-state index in [1.165, 1.54) is 0 Å². The summed E-state index contributed by atoms with van der Waals surface area (Å²) in [6.45, 7) is 9.48. The molecule has 0 bridgehead atoms. The van der Waals surface area contributed by atoms with Crippen molar-refractivity contribution in [3.05, 3.63) is 0 Å². The highest BCUT2D eigenvalue weighted by atomic mass is 16.7. The normalized spacial score (nSPS) is 12.4. The highest BCUT2D eigenvalue weighted by Crippen LogP contribution is 2.25. The minimum Gasteiger partial charge on any atom is -0.465 e. The Kier molecular flexibility index (Phi) is 46.3. The van der Waals surface area contributed by atoms with Gasteiger partial charge in [0.1, 0.15) is 19.8 Å². The monoisotopic (exact) mass is 1100 g/mol. The fourth-order valence-corrected chi connectivity index (χ4v) is 8.84. The summed E-state index contributed by atoms with van der Waals surface area (Å²) in [6.07, 6.45) is 25.9. The molecule has 1 aliphatic carbocycles. The first-order chi connectivity index (χ1) is 37.4. The van der Waals surface area contributed by atoms with Gasteiger partial charge in [0.15, 0.2) is 0 Å². The molecule has 17 nitrogen and oxygen atoms in total. The Morgan fingerprint density at radius 2 is 0.688 bits per heavy atom. The van der Waals surface area contributed by atoms with Crippen LogP contribution in [0.25, 0.3) is 0 Å². The Balaban J connectivity index is 2.88. The van der Waals surface area contributed by atoms with Crippen LogP contribution in [0.3, 0.4) is 0 Å². The third kappa shape index (κ3) is 42.6. The summed E-state index contributed by atoms with van der Waals surface area (Å²) >= 11 is 0. The first-order valence-corrected chi connectivity index (χ1v) is 30.5. The fraction of sp³-hybridized carbons (Fsp3) is 0.883. The van der Waals surface area contributed by atoms with Crippen LogP contribution in [0.4, 0.5) is 4.79 Å². The summed E-state index contributed by atoms with van der Waals surface area (Å²) in [5.74, 6) is -3.61. The third-order valence-electron chi connectivity index (χ3n) is 14.0. The van der Waals surface area contributed by atoms with Crippen molar-refractivity contribution in [1.29, 1.82) is 0 Å². The van der Waals surface area contributed by atoms with Crippen LogP contribution >= 0.6 is 0 Å². The molecule has 1 fully saturated rings. The van der Waals surface area contributed by atoms with Gasteiger partial charge in [0.2, 0.25) is 0 Å². The van der Waals surface area contributed by atoms with E-state index in [9.17, 15) is 38.7 Å². The topological polar surface area (TPSA) is 217 Å². The fourth-order valence-electron chi connectivity index (χ4n) is 8.84. The number of carbonyl (C=O) groups is 7. The van der Waals surface area contributed by atoms with Gasteiger partial charge in [-0.25, -0.2) is 4.79 Å². The molecule has 1 rings (SSSR count). The smallest absolute Gasteiger partial charge is 0.465 e. The van der Waals surface area contributed by atoms with Gasteiger partial charge in [-0.15, -0.1) is 0 Å². The molecule has 448 valence electrons. The number of aliphatic hydroxyl groups excluding tert-OH is 1. The molecule has 0 heterocycles. The highest BCUT2D eigenvalue weighted by molar-refractivity contribution is 5.71. The Labute approximate surface area is 464 Å². The predicted octanol–water partition coefficient (Wildman–Crippen LogP) is 12.3. The maximum absolute atomic E-state index is 13.1. The van der Waals surface area contributed by atoms with Crippen molar-refractivity contribution >= 4 is 42.0 Å². The maximum atomic E-state index is 13.1. The van der Waals surface area contributed by atoms with Crippen LogP contribution < -0.4 is 0 Å². The molecule has 0 amide bonds. The molecule has 1 N–H and O–H groups in total. The van der Waals surface area contributed by atoms with E-state index < -0.39 is 24.0 Å². The van der Waals surface area contributed by atoms with E-state index >= 15 is 0 Å². The Morgan fingerprint density at radius 1 is 0.377 bits per heavy atom. The van der Waals surface area contributed by atoms with Crippen molar-refractivity contribution in [2.45, 2.75) is 252 Å². The molecule has 0 aliphatic heterocycles. The van der Waals surface area contributed by atoms with E-state index in [2.05, 4.69) is 32.6 Å². The number of hydrogen-bond donors (Lipinski definition) is 1. The van der Waals surface area contributed by atoms with Crippen LogP contribution in [0, 0.1) is 17.8 Å². The summed E-state index contributed by atoms with van der Waals surface area (Å²) in [4.78, 5) is 91.4. The van der Waals surface area contributed by atoms with Gasteiger partial charge in [0.05, 0.1) is 45.6 Å². The number of nitrogens with zero attached hydrogens (tertiary/aromatic N) is 1. The van der Waals surface area contributed by atoms with Gasteiger partial charge < -0.3 is 43.0 Å². The molecular formula is C60H107NO16. The molecule has 17 heteroatoms. The van der Waals surface area contributed by atoms with Crippen molar-refractivity contribution in [2.24, 2.45) is 17.8 Å². The summed E-state index contributed by atoms with van der Waals surface area (Å²) in [6, 6.07) is 0.431. The summed E-state index contributed by atoms with van der Waals surface area (Å²) in [5, 5.41) is 9.49. The number of carbonyl (C=O) groups excluding carboxylic acids is 7. The molecular weight excluding hydrogens is 991 g/mol. The minimum absolute atomic E-state index is 0.0144. The second-order valence-corrected chi connectivity index (χ2v) is 21.2. The lowest BCUT2D eigenvalue weighted by Crippen LogP contribution is -2.42. The standard InChI is InChI=1S/C60H107NO16/c1-5-9-13-17-21-33-54(63)71-43-50(44-72-55(64)34-22-18-14-10-6-2)29-25-37-58(67)75-47-52(49-77-60(69)70-42-28-39-61(40-41-62)53-31-27-32-53)48-76-59(68)38-26-30-51(45-73-56(65)35-23-19-15-11-7-3)46-74-57(66)36-24-20-16-12-8-4/h50-53,62H,5-49H2,1-4H3. The second kappa shape index (κ2) is 50.2. The van der Waals surface area contributed by atoms with Crippen LogP contribution in [-0.4, -0.2) is 131 Å². The van der Waals surface area contributed by atoms with Gasteiger partial charge in [0.25, 0.3) is 0 Å². The molecule has 0 aromatic heterocycles. The van der Waals surface area contributed by atoms with Gasteiger partial charge in [-0.3, -0.25) is 33.7 Å². The van der Waals surface area contributed by atoms with Crippen LogP contribution in [0.15, 0.2) is 0 Å². The van der Waals surface area contributed by atoms with Crippen molar-refractivity contribution in [3.63, 3.8) is 0 Å². The average molecular weight is 1100 g/mol. The van der Waals surface area contributed by atoms with Gasteiger partial charge in [0, 0.05) is 69.5 Å². The minimum atomic E-state index is -0.911. The molecule has 0 saturated heterocycles. The zero-order valence-corrected chi connectivity index (χ0v) is 48.6. The number of esters is 6. The molecule has 0 radical (unpaired) electrons. The number of unbranched alkanes of at least 4 members (excludes halogenated alkanes) is 16. The summed E-state index contributed by atoms with van der Waals surface area (Å²) in [7, 11) is 0. The first kappa shape index (κ1) is 71.0. The molecule has 1 saturated carbocycles. The van der Waals surface area contributed by atoms with Crippen LogP contribution in [0.5, 0.6) is 0 Å². The Hall–Kier alpha value is -3.99. The second-order valence-electron chi connectivity index (χ2n) is 21.2. The lowest BCUT2D eigenvalue weighted by Gasteiger charge is -2.37. The van der Waals surface area contributed by atoms with Crippen molar-refractivity contribution in [1.82, 2.24) is 4.90 Å². The van der Waals surface area contributed by atoms with Crippen LogP contribution in [0.2, 0.25) is 0 Å². The third-order valence-corrected chi connectivity index (χ3v) is 14.0.